The summed E-state index contributed by atoms with van der Waals surface area (Å²) >= 11 is 0. The number of carbonyl (C=O) groups excluding carboxylic acids is 2. The second kappa shape index (κ2) is 19.9. The van der Waals surface area contributed by atoms with Crippen LogP contribution in [0.2, 0.25) is 0 Å². The van der Waals surface area contributed by atoms with E-state index >= 15 is 0 Å². The first-order chi connectivity index (χ1) is 17.3. The zero-order valence-electron chi connectivity index (χ0n) is 25.0. The lowest BCUT2D eigenvalue weighted by atomic mass is 9.97. The molecule has 1 aliphatic carbocycles. The van der Waals surface area contributed by atoms with Gasteiger partial charge in [-0.15, -0.1) is 0 Å². The van der Waals surface area contributed by atoms with E-state index in [0.717, 1.165) is 51.9 Å². The molecule has 3 fully saturated rings. The molecule has 11 heteroatoms. The van der Waals surface area contributed by atoms with Crippen LogP contribution in [0.4, 0.5) is 9.59 Å². The van der Waals surface area contributed by atoms with Crippen molar-refractivity contribution in [3.8, 4) is 0 Å². The maximum atomic E-state index is 11.4. The molecule has 0 aromatic rings. The van der Waals surface area contributed by atoms with E-state index in [-0.39, 0.29) is 23.5 Å². The summed E-state index contributed by atoms with van der Waals surface area (Å²) in [6.07, 6.45) is 5.30. The van der Waals surface area contributed by atoms with Gasteiger partial charge in [0, 0.05) is 38.8 Å². The van der Waals surface area contributed by atoms with Crippen molar-refractivity contribution in [3.05, 3.63) is 0 Å². The van der Waals surface area contributed by atoms with E-state index in [1.807, 2.05) is 41.5 Å². The number of rotatable bonds is 3. The monoisotopic (exact) mass is 531 g/mol. The molecule has 0 unspecified atom stereocenters. The minimum atomic E-state index is -0.889. The van der Waals surface area contributed by atoms with Crippen LogP contribution in [-0.4, -0.2) is 77.5 Å². The van der Waals surface area contributed by atoms with Crippen LogP contribution >= 0.6 is 0 Å². The number of carbonyl (C=O) groups is 3. The van der Waals surface area contributed by atoms with Gasteiger partial charge >= 0.3 is 18.0 Å². The zero-order chi connectivity index (χ0) is 29.1. The minimum absolute atomic E-state index is 0.00701. The number of aliphatic carboxylic acids is 1. The molecular formula is C26H57N7O4. The molecule has 3 rings (SSSR count). The van der Waals surface area contributed by atoms with Gasteiger partial charge in [-0.2, -0.15) is 0 Å². The molecule has 2 heterocycles. The average molecular weight is 532 g/mol. The second-order valence-corrected chi connectivity index (χ2v) is 10.3. The fraction of sp³-hybridized carbons (Fsp3) is 0.885. The van der Waals surface area contributed by atoms with Gasteiger partial charge in [0.25, 0.3) is 0 Å². The summed E-state index contributed by atoms with van der Waals surface area (Å²) in [4.78, 5) is 33.1. The Morgan fingerprint density at radius 3 is 1.62 bits per heavy atom. The topological polar surface area (TPSA) is 152 Å². The summed E-state index contributed by atoms with van der Waals surface area (Å²) < 4.78 is 0. The SMILES string of the molecule is CC.CC.CC(C)(C)CNC(=O)N1CCCN1.CC(C)NC(=O)N1CCCN1.NC1(C(=O)O)CCCC1. The van der Waals surface area contributed by atoms with Crippen LogP contribution < -0.4 is 27.2 Å². The molecule has 1 saturated carbocycles. The van der Waals surface area contributed by atoms with Gasteiger partial charge in [-0.1, -0.05) is 61.3 Å². The number of nitrogens with zero attached hydrogens (tertiary/aromatic N) is 2. The van der Waals surface area contributed by atoms with E-state index in [1.165, 1.54) is 0 Å². The Kier molecular flexibility index (Phi) is 20.0. The lowest BCUT2D eigenvalue weighted by Crippen LogP contribution is -2.46. The smallest absolute Gasteiger partial charge is 0.331 e. The Morgan fingerprint density at radius 1 is 0.892 bits per heavy atom. The zero-order valence-corrected chi connectivity index (χ0v) is 25.0. The van der Waals surface area contributed by atoms with E-state index in [1.54, 1.807) is 10.0 Å². The molecule has 0 radical (unpaired) electrons. The third kappa shape index (κ3) is 17.1. The van der Waals surface area contributed by atoms with Gasteiger partial charge in [0.05, 0.1) is 0 Å². The highest BCUT2D eigenvalue weighted by Crippen LogP contribution is 2.26. The van der Waals surface area contributed by atoms with Crippen molar-refractivity contribution < 1.29 is 19.5 Å². The number of carboxylic acids is 1. The molecule has 0 aromatic heterocycles. The Hall–Kier alpha value is -2.11. The third-order valence-corrected chi connectivity index (χ3v) is 5.32. The fourth-order valence-corrected chi connectivity index (χ4v) is 3.39. The normalized spacial score (nSPS) is 17.6. The van der Waals surface area contributed by atoms with Crippen LogP contribution in [-0.2, 0) is 4.79 Å². The molecule has 11 nitrogen and oxygen atoms in total. The van der Waals surface area contributed by atoms with E-state index in [9.17, 15) is 14.4 Å². The summed E-state index contributed by atoms with van der Waals surface area (Å²) in [6.45, 7) is 22.4. The summed E-state index contributed by atoms with van der Waals surface area (Å²) in [7, 11) is 0. The van der Waals surface area contributed by atoms with Gasteiger partial charge in [-0.05, 0) is 44.9 Å². The summed E-state index contributed by atoms with van der Waals surface area (Å²) in [6, 6.07) is 0.190. The number of hydrogen-bond acceptors (Lipinski definition) is 6. The fourth-order valence-electron chi connectivity index (χ4n) is 3.39. The largest absolute Gasteiger partial charge is 0.480 e. The quantitative estimate of drug-likeness (QED) is 0.325. The predicted molar refractivity (Wildman–Crippen MR) is 151 cm³/mol. The number of urea groups is 2. The number of carboxylic acid groups (broad SMARTS) is 1. The molecule has 0 aromatic carbocycles. The van der Waals surface area contributed by atoms with Crippen LogP contribution in [0.5, 0.6) is 0 Å². The molecule has 0 atom stereocenters. The first-order valence-electron chi connectivity index (χ1n) is 14.0. The minimum Gasteiger partial charge on any atom is -0.480 e. The maximum Gasteiger partial charge on any atom is 0.331 e. The number of hydrogen-bond donors (Lipinski definition) is 6. The standard InChI is InChI=1S/C9H19N3O.C7H15N3O.C6H11NO2.2C2H6/c1-9(2,3)7-10-8(13)12-6-4-5-11-12;1-6(2)9-7(11)10-5-3-4-8-10;7-6(5(8)9)3-1-2-4-6;2*1-2/h11H,4-7H2,1-3H3,(H,10,13);6,8H,3-5H2,1-2H3,(H,9,11);1-4,7H2,(H,8,9);2*1-2H3. The van der Waals surface area contributed by atoms with Crippen LogP contribution in [0.15, 0.2) is 0 Å². The average Bonchev–Trinajstić information content (AvgIpc) is 3.63. The van der Waals surface area contributed by atoms with E-state index < -0.39 is 11.5 Å². The molecule has 2 aliphatic heterocycles. The molecule has 37 heavy (non-hydrogen) atoms. The molecular weight excluding hydrogens is 474 g/mol. The van der Waals surface area contributed by atoms with Crippen LogP contribution in [0.1, 0.15) is 101 Å². The third-order valence-electron chi connectivity index (χ3n) is 5.32. The van der Waals surface area contributed by atoms with Crippen molar-refractivity contribution in [2.45, 2.75) is 112 Å². The summed E-state index contributed by atoms with van der Waals surface area (Å²) in [5.74, 6) is -0.847. The van der Waals surface area contributed by atoms with Crippen molar-refractivity contribution in [1.82, 2.24) is 31.5 Å². The second-order valence-electron chi connectivity index (χ2n) is 10.3. The van der Waals surface area contributed by atoms with Crippen LogP contribution in [0.25, 0.3) is 0 Å². The van der Waals surface area contributed by atoms with Crippen molar-refractivity contribution in [2.75, 3.05) is 32.7 Å². The first-order valence-corrected chi connectivity index (χ1v) is 14.0. The Morgan fingerprint density at radius 2 is 1.32 bits per heavy atom. The maximum absolute atomic E-state index is 11.4. The van der Waals surface area contributed by atoms with Gasteiger partial charge in [0.2, 0.25) is 0 Å². The lowest BCUT2D eigenvalue weighted by Gasteiger charge is -2.22. The molecule has 220 valence electrons. The summed E-state index contributed by atoms with van der Waals surface area (Å²) in [5, 5.41) is 17.5. The van der Waals surface area contributed by atoms with Gasteiger partial charge in [-0.3, -0.25) is 14.8 Å². The summed E-state index contributed by atoms with van der Waals surface area (Å²) in [5.41, 5.74) is 10.8. The number of hydrazine groups is 2. The number of amides is 4. The van der Waals surface area contributed by atoms with Crippen molar-refractivity contribution in [2.24, 2.45) is 11.1 Å². The molecule has 0 spiro atoms. The van der Waals surface area contributed by atoms with Gasteiger partial charge < -0.3 is 21.5 Å². The van der Waals surface area contributed by atoms with Crippen molar-refractivity contribution >= 4 is 18.0 Å². The van der Waals surface area contributed by atoms with Gasteiger partial charge in [0.1, 0.15) is 5.54 Å². The Balaban J connectivity index is 0. The van der Waals surface area contributed by atoms with Crippen LogP contribution in [0, 0.1) is 5.41 Å². The molecule has 4 amide bonds. The van der Waals surface area contributed by atoms with Crippen molar-refractivity contribution in [1.29, 1.82) is 0 Å². The predicted octanol–water partition coefficient (Wildman–Crippen LogP) is 3.66. The van der Waals surface area contributed by atoms with E-state index in [4.69, 9.17) is 10.8 Å². The van der Waals surface area contributed by atoms with Gasteiger partial charge in [0.15, 0.2) is 0 Å². The molecule has 2 saturated heterocycles. The lowest BCUT2D eigenvalue weighted by molar-refractivity contribution is -0.143. The highest BCUT2D eigenvalue weighted by Gasteiger charge is 2.36. The van der Waals surface area contributed by atoms with Gasteiger partial charge in [-0.25, -0.2) is 20.4 Å². The van der Waals surface area contributed by atoms with Crippen molar-refractivity contribution in [3.63, 3.8) is 0 Å². The van der Waals surface area contributed by atoms with E-state index in [2.05, 4.69) is 42.3 Å². The molecule has 3 aliphatic rings. The number of nitrogens with two attached hydrogens (primary N) is 1. The van der Waals surface area contributed by atoms with E-state index in [0.29, 0.717) is 19.4 Å². The molecule has 0 bridgehead atoms. The van der Waals surface area contributed by atoms with Crippen LogP contribution in [0.3, 0.4) is 0 Å². The highest BCUT2D eigenvalue weighted by atomic mass is 16.4. The highest BCUT2D eigenvalue weighted by molar-refractivity contribution is 5.78. The Bertz CT molecular complexity index is 621. The molecule has 7 N–H and O–H groups in total. The first kappa shape index (κ1) is 37.0. The number of nitrogens with one attached hydrogen (secondary N) is 4. The Labute approximate surface area is 225 Å².